The third-order valence-electron chi connectivity index (χ3n) is 3.39. The Morgan fingerprint density at radius 3 is 2.90 bits per heavy atom. The summed E-state index contributed by atoms with van der Waals surface area (Å²) in [6.45, 7) is 3.39. The number of hydrogen-bond acceptors (Lipinski definition) is 4. The van der Waals surface area contributed by atoms with Gasteiger partial charge in [-0.3, -0.25) is 0 Å². The summed E-state index contributed by atoms with van der Waals surface area (Å²) in [4.78, 5) is 0. The molecule has 0 amide bonds. The van der Waals surface area contributed by atoms with Crippen LogP contribution in [0.15, 0.2) is 16.6 Å². The molecule has 0 saturated heterocycles. The van der Waals surface area contributed by atoms with Gasteiger partial charge in [-0.2, -0.15) is 11.8 Å². The van der Waals surface area contributed by atoms with Gasteiger partial charge in [-0.05, 0) is 65.0 Å². The first kappa shape index (κ1) is 17.0. The van der Waals surface area contributed by atoms with Crippen molar-refractivity contribution in [1.29, 1.82) is 0 Å². The summed E-state index contributed by atoms with van der Waals surface area (Å²) in [6.07, 6.45) is 6.97. The van der Waals surface area contributed by atoms with E-state index in [0.717, 1.165) is 48.7 Å². The van der Waals surface area contributed by atoms with E-state index >= 15 is 0 Å². The van der Waals surface area contributed by atoms with E-state index < -0.39 is 0 Å². The Morgan fingerprint density at radius 1 is 1.19 bits per heavy atom. The Balaban J connectivity index is 1.78. The van der Waals surface area contributed by atoms with Crippen molar-refractivity contribution in [2.24, 2.45) is 0 Å². The van der Waals surface area contributed by atoms with Gasteiger partial charge in [0.1, 0.15) is 0 Å². The van der Waals surface area contributed by atoms with Crippen LogP contribution >= 0.6 is 27.7 Å². The molecule has 0 aromatic heterocycles. The summed E-state index contributed by atoms with van der Waals surface area (Å²) < 4.78 is 12.5. The van der Waals surface area contributed by atoms with Crippen molar-refractivity contribution in [3.63, 3.8) is 0 Å². The van der Waals surface area contributed by atoms with Crippen molar-refractivity contribution in [3.05, 3.63) is 22.2 Å². The predicted molar refractivity (Wildman–Crippen MR) is 93.7 cm³/mol. The zero-order valence-electron chi connectivity index (χ0n) is 12.6. The van der Waals surface area contributed by atoms with Gasteiger partial charge in [0.05, 0.1) is 17.7 Å². The lowest BCUT2D eigenvalue weighted by Gasteiger charge is -2.12. The molecule has 0 radical (unpaired) electrons. The number of unbranched alkanes of at least 4 members (excludes halogenated alkanes) is 2. The van der Waals surface area contributed by atoms with Crippen molar-refractivity contribution in [2.75, 3.05) is 31.8 Å². The lowest BCUT2D eigenvalue weighted by molar-refractivity contribution is 0.296. The fourth-order valence-electron chi connectivity index (χ4n) is 2.29. The van der Waals surface area contributed by atoms with E-state index in [1.807, 2.05) is 11.8 Å². The molecule has 0 atom stereocenters. The molecule has 1 aliphatic heterocycles. The number of hydrogen-bond donors (Lipinski definition) is 1. The number of rotatable bonds is 8. The van der Waals surface area contributed by atoms with Gasteiger partial charge >= 0.3 is 0 Å². The topological polar surface area (TPSA) is 30.5 Å². The van der Waals surface area contributed by atoms with Crippen LogP contribution in [0, 0.1) is 0 Å². The van der Waals surface area contributed by atoms with Crippen LogP contribution in [0.3, 0.4) is 0 Å². The zero-order chi connectivity index (χ0) is 14.9. The molecule has 2 rings (SSSR count). The molecule has 0 aliphatic carbocycles. The standard InChI is InChI=1S/C16H24BrNO2S/c1-21-9-4-2-3-6-18-12-13-10-14(17)16-15(11-13)19-7-5-8-20-16/h10-11,18H,2-9,12H2,1H3. The van der Waals surface area contributed by atoms with Crippen LogP contribution in [0.25, 0.3) is 0 Å². The number of benzene rings is 1. The van der Waals surface area contributed by atoms with Crippen LogP contribution in [-0.2, 0) is 6.54 Å². The summed E-state index contributed by atoms with van der Waals surface area (Å²) in [6, 6.07) is 4.21. The molecule has 1 aliphatic rings. The van der Waals surface area contributed by atoms with E-state index in [1.54, 1.807) is 0 Å². The maximum absolute atomic E-state index is 5.76. The SMILES string of the molecule is CSCCCCCNCc1cc(Br)c2c(c1)OCCCO2. The monoisotopic (exact) mass is 373 g/mol. The summed E-state index contributed by atoms with van der Waals surface area (Å²) in [5.74, 6) is 2.97. The quantitative estimate of drug-likeness (QED) is 0.690. The fourth-order valence-corrected chi connectivity index (χ4v) is 3.39. The number of ether oxygens (including phenoxy) is 2. The minimum absolute atomic E-state index is 0.721. The Kier molecular flexibility index (Phi) is 7.75. The van der Waals surface area contributed by atoms with Crippen LogP contribution < -0.4 is 14.8 Å². The van der Waals surface area contributed by atoms with Crippen molar-refractivity contribution in [2.45, 2.75) is 32.2 Å². The summed E-state index contributed by atoms with van der Waals surface area (Å²) in [5.41, 5.74) is 1.23. The highest BCUT2D eigenvalue weighted by Crippen LogP contribution is 2.38. The highest BCUT2D eigenvalue weighted by Gasteiger charge is 2.14. The van der Waals surface area contributed by atoms with Crippen LogP contribution in [0.4, 0.5) is 0 Å². The summed E-state index contributed by atoms with van der Waals surface area (Å²) in [7, 11) is 0. The lowest BCUT2D eigenvalue weighted by Crippen LogP contribution is -2.14. The second-order valence-electron chi connectivity index (χ2n) is 5.19. The first-order valence-electron chi connectivity index (χ1n) is 7.59. The average molecular weight is 374 g/mol. The van der Waals surface area contributed by atoms with Crippen molar-refractivity contribution in [1.82, 2.24) is 5.32 Å². The normalized spacial score (nSPS) is 14.0. The minimum atomic E-state index is 0.721. The van der Waals surface area contributed by atoms with E-state index in [2.05, 4.69) is 39.6 Å². The van der Waals surface area contributed by atoms with Gasteiger partial charge in [0, 0.05) is 13.0 Å². The van der Waals surface area contributed by atoms with E-state index in [0.29, 0.717) is 0 Å². The van der Waals surface area contributed by atoms with Gasteiger partial charge in [0.2, 0.25) is 0 Å². The summed E-state index contributed by atoms with van der Waals surface area (Å²) >= 11 is 5.51. The third-order valence-corrected chi connectivity index (χ3v) is 4.68. The lowest BCUT2D eigenvalue weighted by atomic mass is 10.2. The number of thioether (sulfide) groups is 1. The largest absolute Gasteiger partial charge is 0.490 e. The van der Waals surface area contributed by atoms with Crippen LogP contribution in [0.2, 0.25) is 0 Å². The Hall–Kier alpha value is -0.390. The number of halogens is 1. The average Bonchev–Trinajstić information content (AvgIpc) is 2.72. The molecule has 1 heterocycles. The maximum Gasteiger partial charge on any atom is 0.175 e. The second kappa shape index (κ2) is 9.59. The molecule has 21 heavy (non-hydrogen) atoms. The van der Waals surface area contributed by atoms with E-state index in [1.165, 1.54) is 30.6 Å². The van der Waals surface area contributed by atoms with Crippen molar-refractivity contribution >= 4 is 27.7 Å². The van der Waals surface area contributed by atoms with E-state index in [4.69, 9.17) is 9.47 Å². The molecule has 0 spiro atoms. The molecular formula is C16H24BrNO2S. The maximum atomic E-state index is 5.76. The first-order valence-corrected chi connectivity index (χ1v) is 9.77. The van der Waals surface area contributed by atoms with E-state index in [9.17, 15) is 0 Å². The number of fused-ring (bicyclic) bond motifs is 1. The molecule has 0 saturated carbocycles. The third kappa shape index (κ3) is 5.72. The van der Waals surface area contributed by atoms with Gasteiger partial charge in [-0.1, -0.05) is 6.42 Å². The van der Waals surface area contributed by atoms with Crippen molar-refractivity contribution in [3.8, 4) is 11.5 Å². The minimum Gasteiger partial charge on any atom is -0.490 e. The molecule has 3 nitrogen and oxygen atoms in total. The Bertz CT molecular complexity index is 443. The Labute approximate surface area is 140 Å². The van der Waals surface area contributed by atoms with Crippen LogP contribution in [-0.4, -0.2) is 31.8 Å². The molecule has 0 bridgehead atoms. The highest BCUT2D eigenvalue weighted by atomic mass is 79.9. The molecule has 5 heteroatoms. The second-order valence-corrected chi connectivity index (χ2v) is 7.03. The smallest absolute Gasteiger partial charge is 0.175 e. The Morgan fingerprint density at radius 2 is 2.05 bits per heavy atom. The van der Waals surface area contributed by atoms with Gasteiger partial charge < -0.3 is 14.8 Å². The van der Waals surface area contributed by atoms with Crippen LogP contribution in [0.1, 0.15) is 31.2 Å². The van der Waals surface area contributed by atoms with Crippen LogP contribution in [0.5, 0.6) is 11.5 Å². The van der Waals surface area contributed by atoms with Gasteiger partial charge in [0.15, 0.2) is 11.5 Å². The molecule has 1 aromatic carbocycles. The molecule has 1 aromatic rings. The van der Waals surface area contributed by atoms with Gasteiger partial charge in [0.25, 0.3) is 0 Å². The van der Waals surface area contributed by atoms with Gasteiger partial charge in [-0.15, -0.1) is 0 Å². The predicted octanol–water partition coefficient (Wildman–Crippen LogP) is 4.23. The van der Waals surface area contributed by atoms with E-state index in [-0.39, 0.29) is 0 Å². The molecular weight excluding hydrogens is 350 g/mol. The molecule has 0 unspecified atom stereocenters. The molecule has 1 N–H and O–H groups in total. The molecule has 118 valence electrons. The first-order chi connectivity index (χ1) is 10.3. The fraction of sp³-hybridized carbons (Fsp3) is 0.625. The highest BCUT2D eigenvalue weighted by molar-refractivity contribution is 9.10. The van der Waals surface area contributed by atoms with Crippen molar-refractivity contribution < 1.29 is 9.47 Å². The molecule has 0 fully saturated rings. The van der Waals surface area contributed by atoms with Gasteiger partial charge in [-0.25, -0.2) is 0 Å². The zero-order valence-corrected chi connectivity index (χ0v) is 15.0. The number of nitrogens with one attached hydrogen (secondary N) is 1. The summed E-state index contributed by atoms with van der Waals surface area (Å²) in [5, 5.41) is 3.50.